The number of para-hydroxylation sites is 1. The summed E-state index contributed by atoms with van der Waals surface area (Å²) in [6.45, 7) is 3.91. The average Bonchev–Trinajstić information content (AvgIpc) is 3.35. The molecule has 0 radical (unpaired) electrons. The molecule has 1 aliphatic heterocycles. The predicted octanol–water partition coefficient (Wildman–Crippen LogP) is 1.20. The van der Waals surface area contributed by atoms with Gasteiger partial charge in [0, 0.05) is 18.7 Å². The van der Waals surface area contributed by atoms with Gasteiger partial charge in [-0.25, -0.2) is 13.8 Å². The Labute approximate surface area is 204 Å². The lowest BCUT2D eigenvalue weighted by molar-refractivity contribution is -0.149. The molecular weight excluding hydrogens is 500 g/mol. The number of alkyl halides is 1. The van der Waals surface area contributed by atoms with Crippen molar-refractivity contribution >= 4 is 13.7 Å². The van der Waals surface area contributed by atoms with E-state index in [0.717, 1.165) is 16.8 Å². The smallest absolute Gasteiger partial charge is 0.459 e. The second kappa shape index (κ2) is 9.24. The fourth-order valence-electron chi connectivity index (χ4n) is 4.13. The molecule has 2 fully saturated rings. The molecule has 1 aromatic heterocycles. The number of fused-ring (bicyclic) bond motifs is 1. The summed E-state index contributed by atoms with van der Waals surface area (Å²) in [5.41, 5.74) is -7.30. The third-order valence-corrected chi connectivity index (χ3v) is 7.75. The molecule has 1 aliphatic carbocycles. The molecule has 12 nitrogen and oxygen atoms in total. The number of esters is 1. The number of rotatable bonds is 10. The van der Waals surface area contributed by atoms with Gasteiger partial charge in [-0.05, 0) is 32.9 Å². The minimum Gasteiger partial charge on any atom is -0.465 e. The largest absolute Gasteiger partial charge is 0.465 e. The summed E-state index contributed by atoms with van der Waals surface area (Å²) in [5.74, 6) is -0.565. The summed E-state index contributed by atoms with van der Waals surface area (Å²) < 4.78 is 51.9. The highest BCUT2D eigenvalue weighted by atomic mass is 31.2. The molecule has 2 aliphatic rings. The summed E-state index contributed by atoms with van der Waals surface area (Å²) in [6, 6.07) is 9.02. The number of aromatic amines is 1. The Morgan fingerprint density at radius 2 is 2.03 bits per heavy atom. The standard InChI is InChI=1S/C22H27FN3O9P/c1-4-32-18(29)20(2,3)25-36(31,35-14-8-6-5-7-9-14)33-12-15-17(28)21(23)13-22(21,34-15)26-11-10-16(27)24-19(26)30/h5-11,15,17,28H,4,12-13H2,1-3H3,(H,25,31)(H,24,27,30)/t15-,17-,21-,22-,36?/m1/s1. The van der Waals surface area contributed by atoms with Gasteiger partial charge >= 0.3 is 19.4 Å². The summed E-state index contributed by atoms with van der Waals surface area (Å²) in [6.07, 6.45) is -2.37. The van der Waals surface area contributed by atoms with Crippen LogP contribution in [0.15, 0.2) is 52.2 Å². The molecule has 1 saturated heterocycles. The van der Waals surface area contributed by atoms with E-state index in [9.17, 15) is 24.1 Å². The van der Waals surface area contributed by atoms with Gasteiger partial charge in [0.15, 0.2) is 11.4 Å². The minimum absolute atomic E-state index is 0.0849. The van der Waals surface area contributed by atoms with Gasteiger partial charge in [0.1, 0.15) is 23.5 Å². The van der Waals surface area contributed by atoms with E-state index < -0.39 is 60.7 Å². The van der Waals surface area contributed by atoms with Gasteiger partial charge in [0.05, 0.1) is 13.2 Å². The predicted molar refractivity (Wildman–Crippen MR) is 123 cm³/mol. The highest BCUT2D eigenvalue weighted by Gasteiger charge is 2.83. The van der Waals surface area contributed by atoms with Crippen molar-refractivity contribution in [2.24, 2.45) is 0 Å². The van der Waals surface area contributed by atoms with Crippen LogP contribution < -0.4 is 20.9 Å². The van der Waals surface area contributed by atoms with Crippen molar-refractivity contribution in [2.75, 3.05) is 13.2 Å². The Morgan fingerprint density at radius 1 is 1.33 bits per heavy atom. The SMILES string of the molecule is CCOC(=O)C(C)(C)NP(=O)(OC[C@H]1O[C@]2(n3ccc(=O)[nH]c3=O)C[C@@]2(F)[C@@H]1O)Oc1ccccc1. The fourth-order valence-corrected chi connectivity index (χ4v) is 5.81. The van der Waals surface area contributed by atoms with Crippen molar-refractivity contribution in [2.45, 2.75) is 56.3 Å². The quantitative estimate of drug-likeness (QED) is 0.303. The third-order valence-electron chi connectivity index (χ3n) is 5.98. The van der Waals surface area contributed by atoms with Crippen LogP contribution >= 0.6 is 7.75 Å². The Balaban J connectivity index is 1.55. The molecule has 2 heterocycles. The first-order valence-electron chi connectivity index (χ1n) is 11.2. The molecule has 0 spiro atoms. The Morgan fingerprint density at radius 3 is 2.67 bits per heavy atom. The molecule has 0 amide bonds. The average molecular weight is 527 g/mol. The molecule has 196 valence electrons. The zero-order valence-corrected chi connectivity index (χ0v) is 20.7. The highest BCUT2D eigenvalue weighted by Crippen LogP contribution is 2.65. The number of halogens is 1. The molecule has 1 saturated carbocycles. The van der Waals surface area contributed by atoms with Crippen LogP contribution in [0, 0.1) is 0 Å². The zero-order valence-electron chi connectivity index (χ0n) is 19.8. The van der Waals surface area contributed by atoms with Crippen LogP contribution in [0.2, 0.25) is 0 Å². The van der Waals surface area contributed by atoms with Crippen molar-refractivity contribution in [1.29, 1.82) is 0 Å². The first-order valence-corrected chi connectivity index (χ1v) is 12.7. The molecule has 1 unspecified atom stereocenters. The van der Waals surface area contributed by atoms with Gasteiger partial charge in [0.25, 0.3) is 5.56 Å². The number of aliphatic hydroxyl groups excluding tert-OH is 1. The van der Waals surface area contributed by atoms with E-state index in [-0.39, 0.29) is 18.8 Å². The van der Waals surface area contributed by atoms with Crippen molar-refractivity contribution in [3.8, 4) is 5.75 Å². The number of aromatic nitrogens is 2. The first-order chi connectivity index (χ1) is 16.9. The maximum atomic E-state index is 15.5. The Bertz CT molecular complexity index is 1300. The van der Waals surface area contributed by atoms with Crippen molar-refractivity contribution in [3.63, 3.8) is 0 Å². The number of ether oxygens (including phenoxy) is 2. The van der Waals surface area contributed by atoms with E-state index in [1.165, 1.54) is 26.0 Å². The fraction of sp³-hybridized carbons (Fsp3) is 0.500. The Kier molecular flexibility index (Phi) is 6.73. The molecule has 0 bridgehead atoms. The van der Waals surface area contributed by atoms with Crippen LogP contribution in [0.4, 0.5) is 4.39 Å². The van der Waals surface area contributed by atoms with Gasteiger partial charge in [-0.3, -0.25) is 23.7 Å². The van der Waals surface area contributed by atoms with Gasteiger partial charge in [-0.2, -0.15) is 5.09 Å². The highest BCUT2D eigenvalue weighted by molar-refractivity contribution is 7.52. The number of carbonyl (C=O) groups excluding carboxylic acids is 1. The van der Waals surface area contributed by atoms with E-state index in [4.69, 9.17) is 18.5 Å². The van der Waals surface area contributed by atoms with E-state index in [0.29, 0.717) is 0 Å². The first kappa shape index (κ1) is 26.2. The summed E-state index contributed by atoms with van der Waals surface area (Å²) in [5, 5.41) is 13.2. The number of hydrogen-bond acceptors (Lipinski definition) is 9. The van der Waals surface area contributed by atoms with Crippen molar-refractivity contribution in [3.05, 3.63) is 63.4 Å². The molecule has 5 atom stereocenters. The maximum Gasteiger partial charge on any atom is 0.459 e. The lowest BCUT2D eigenvalue weighted by atomic mass is 10.1. The number of nitrogens with one attached hydrogen (secondary N) is 2. The molecule has 14 heteroatoms. The molecule has 36 heavy (non-hydrogen) atoms. The summed E-state index contributed by atoms with van der Waals surface area (Å²) in [4.78, 5) is 38.0. The van der Waals surface area contributed by atoms with Crippen LogP contribution in [0.1, 0.15) is 27.2 Å². The van der Waals surface area contributed by atoms with Crippen molar-refractivity contribution in [1.82, 2.24) is 14.6 Å². The van der Waals surface area contributed by atoms with Crippen LogP contribution in [0.25, 0.3) is 0 Å². The topological polar surface area (TPSA) is 158 Å². The number of H-pyrrole nitrogens is 1. The lowest BCUT2D eigenvalue weighted by Gasteiger charge is -2.30. The van der Waals surface area contributed by atoms with Crippen molar-refractivity contribution < 1.29 is 37.4 Å². The zero-order chi connectivity index (χ0) is 26.4. The second-order valence-electron chi connectivity index (χ2n) is 9.06. The number of carbonyl (C=O) groups is 1. The molecule has 2 aromatic rings. The van der Waals surface area contributed by atoms with Gasteiger partial charge in [-0.15, -0.1) is 0 Å². The number of nitrogens with zero attached hydrogens (tertiary/aromatic N) is 1. The molecule has 3 N–H and O–H groups in total. The normalized spacial score (nSPS) is 28.7. The van der Waals surface area contributed by atoms with E-state index in [2.05, 4.69) is 5.09 Å². The summed E-state index contributed by atoms with van der Waals surface area (Å²) in [7, 11) is -4.34. The number of benzene rings is 1. The molecule has 4 rings (SSSR count). The third kappa shape index (κ3) is 4.64. The van der Waals surface area contributed by atoms with Crippen LogP contribution in [-0.2, 0) is 29.1 Å². The van der Waals surface area contributed by atoms with Gasteiger partial charge in [-0.1, -0.05) is 18.2 Å². The number of aliphatic hydroxyl groups is 1. The minimum atomic E-state index is -4.34. The number of hydrogen-bond donors (Lipinski definition) is 3. The second-order valence-corrected chi connectivity index (χ2v) is 10.7. The van der Waals surface area contributed by atoms with E-state index in [1.807, 2.05) is 4.98 Å². The lowest BCUT2D eigenvalue weighted by Crippen LogP contribution is -2.47. The van der Waals surface area contributed by atoms with Crippen LogP contribution in [0.3, 0.4) is 0 Å². The van der Waals surface area contributed by atoms with Gasteiger partial charge < -0.3 is 19.1 Å². The van der Waals surface area contributed by atoms with Crippen LogP contribution in [0.5, 0.6) is 5.75 Å². The summed E-state index contributed by atoms with van der Waals surface area (Å²) >= 11 is 0. The van der Waals surface area contributed by atoms with Gasteiger partial charge in [0.2, 0.25) is 0 Å². The molecular formula is C22H27FN3O9P. The monoisotopic (exact) mass is 527 g/mol. The van der Waals surface area contributed by atoms with E-state index in [1.54, 1.807) is 25.1 Å². The Hall–Kier alpha value is -2.83. The molecule has 1 aromatic carbocycles. The van der Waals surface area contributed by atoms with E-state index >= 15 is 4.39 Å². The maximum absolute atomic E-state index is 15.5. The van der Waals surface area contributed by atoms with Crippen LogP contribution in [-0.4, -0.2) is 57.3 Å².